The summed E-state index contributed by atoms with van der Waals surface area (Å²) >= 11 is 3.70. The Morgan fingerprint density at radius 1 is 1.41 bits per heavy atom. The Morgan fingerprint density at radius 2 is 2.23 bits per heavy atom. The minimum atomic E-state index is -0.194. The van der Waals surface area contributed by atoms with E-state index in [0.717, 1.165) is 29.4 Å². The number of benzene rings is 1. The van der Waals surface area contributed by atoms with Crippen molar-refractivity contribution >= 4 is 21.7 Å². The van der Waals surface area contributed by atoms with Crippen molar-refractivity contribution in [3.63, 3.8) is 0 Å². The van der Waals surface area contributed by atoms with E-state index >= 15 is 0 Å². The van der Waals surface area contributed by atoms with Crippen molar-refractivity contribution in [1.29, 1.82) is 0 Å². The van der Waals surface area contributed by atoms with Gasteiger partial charge in [-0.15, -0.1) is 0 Å². The van der Waals surface area contributed by atoms with Gasteiger partial charge < -0.3 is 15.2 Å². The SMILES string of the molecule is COc1cc(Br)c2c(c1O)[C@]13CC(=O)CCC1C1NCC21C3. The van der Waals surface area contributed by atoms with Crippen LogP contribution in [0.5, 0.6) is 11.5 Å². The fourth-order valence-electron chi connectivity index (χ4n) is 6.01. The van der Waals surface area contributed by atoms with Crippen molar-refractivity contribution in [2.45, 2.75) is 42.6 Å². The average Bonchev–Trinajstić information content (AvgIpc) is 2.87. The van der Waals surface area contributed by atoms with Crippen LogP contribution in [0, 0.1) is 5.92 Å². The van der Waals surface area contributed by atoms with E-state index in [9.17, 15) is 9.90 Å². The Morgan fingerprint density at radius 3 is 2.91 bits per heavy atom. The van der Waals surface area contributed by atoms with Crippen LogP contribution < -0.4 is 10.1 Å². The fraction of sp³-hybridized carbons (Fsp3) is 0.588. The first-order valence-electron chi connectivity index (χ1n) is 7.89. The Bertz CT molecular complexity index is 733. The molecule has 2 bridgehead atoms. The maximum atomic E-state index is 12.2. The number of aromatic hydroxyl groups is 1. The number of ketones is 1. The molecule has 1 aliphatic heterocycles. The molecule has 3 aliphatic carbocycles. The zero-order valence-electron chi connectivity index (χ0n) is 12.4. The van der Waals surface area contributed by atoms with Crippen molar-refractivity contribution in [3.8, 4) is 11.5 Å². The van der Waals surface area contributed by atoms with Gasteiger partial charge in [-0.05, 0) is 30.4 Å². The Kier molecular flexibility index (Phi) is 2.36. The number of halogens is 1. The molecule has 1 aromatic carbocycles. The van der Waals surface area contributed by atoms with E-state index in [0.29, 0.717) is 36.3 Å². The average molecular weight is 364 g/mol. The minimum Gasteiger partial charge on any atom is -0.504 e. The fourth-order valence-corrected chi connectivity index (χ4v) is 6.81. The van der Waals surface area contributed by atoms with Crippen molar-refractivity contribution in [2.24, 2.45) is 5.92 Å². The molecule has 4 atom stereocenters. The van der Waals surface area contributed by atoms with E-state index in [-0.39, 0.29) is 16.6 Å². The summed E-state index contributed by atoms with van der Waals surface area (Å²) < 4.78 is 6.37. The molecule has 2 spiro atoms. The van der Waals surface area contributed by atoms with Gasteiger partial charge in [-0.1, -0.05) is 15.9 Å². The highest BCUT2D eigenvalue weighted by atomic mass is 79.9. The number of carbonyl (C=O) groups excluding carboxylic acids is 1. The summed E-state index contributed by atoms with van der Waals surface area (Å²) in [6.07, 6.45) is 3.17. The molecule has 5 heteroatoms. The number of nitrogens with one attached hydrogen (secondary N) is 1. The Hall–Kier alpha value is -1.07. The zero-order valence-corrected chi connectivity index (χ0v) is 14.0. The van der Waals surface area contributed by atoms with Crippen molar-refractivity contribution in [3.05, 3.63) is 21.7 Å². The molecule has 3 fully saturated rings. The Labute approximate surface area is 137 Å². The number of phenols is 1. The van der Waals surface area contributed by atoms with E-state index in [1.807, 2.05) is 6.07 Å². The molecular formula is C17H18BrNO3. The van der Waals surface area contributed by atoms with Crippen LogP contribution in [0.1, 0.15) is 36.8 Å². The van der Waals surface area contributed by atoms with Gasteiger partial charge in [-0.2, -0.15) is 0 Å². The van der Waals surface area contributed by atoms with E-state index in [1.165, 1.54) is 5.56 Å². The number of methoxy groups -OCH3 is 1. The van der Waals surface area contributed by atoms with E-state index in [4.69, 9.17) is 4.74 Å². The third kappa shape index (κ3) is 1.21. The number of hydrogen-bond acceptors (Lipinski definition) is 4. The number of fused-ring (bicyclic) bond motifs is 2. The van der Waals surface area contributed by atoms with Gasteiger partial charge in [0.05, 0.1) is 7.11 Å². The Balaban J connectivity index is 1.84. The first-order chi connectivity index (χ1) is 10.5. The van der Waals surface area contributed by atoms with Gasteiger partial charge >= 0.3 is 0 Å². The van der Waals surface area contributed by atoms with Gasteiger partial charge in [0.15, 0.2) is 11.5 Å². The maximum Gasteiger partial charge on any atom is 0.161 e. The molecule has 0 amide bonds. The second kappa shape index (κ2) is 3.88. The smallest absolute Gasteiger partial charge is 0.161 e. The van der Waals surface area contributed by atoms with Crippen LogP contribution in [0.4, 0.5) is 0 Å². The third-order valence-corrected chi connectivity index (χ3v) is 7.28. The summed E-state index contributed by atoms with van der Waals surface area (Å²) in [6, 6.07) is 2.33. The first-order valence-corrected chi connectivity index (χ1v) is 8.68. The van der Waals surface area contributed by atoms with Gasteiger partial charge in [0.1, 0.15) is 5.78 Å². The van der Waals surface area contributed by atoms with Crippen LogP contribution in [0.2, 0.25) is 0 Å². The standard InChI is InChI=1S/C17H18BrNO3/c1-22-11-4-10(18)12-13(14(11)21)16-5-8(20)2-3-9(16)15-17(12,6-16)7-19-15/h4,9,15,19,21H,2-3,5-7H2,1H3/t9?,15?,16-,17?/m0/s1. The molecule has 2 saturated carbocycles. The summed E-state index contributed by atoms with van der Waals surface area (Å²) in [5.74, 6) is 1.54. The van der Waals surface area contributed by atoms with Crippen molar-refractivity contribution in [2.75, 3.05) is 13.7 Å². The van der Waals surface area contributed by atoms with Crippen molar-refractivity contribution in [1.82, 2.24) is 5.32 Å². The lowest BCUT2D eigenvalue weighted by atomic mass is 9.59. The molecule has 116 valence electrons. The zero-order chi connectivity index (χ0) is 15.3. The second-order valence-electron chi connectivity index (χ2n) is 7.37. The molecule has 22 heavy (non-hydrogen) atoms. The monoisotopic (exact) mass is 363 g/mol. The lowest BCUT2D eigenvalue weighted by molar-refractivity contribution is -0.123. The minimum absolute atomic E-state index is 0.0905. The molecule has 1 aromatic rings. The molecule has 1 heterocycles. The molecular weight excluding hydrogens is 346 g/mol. The number of hydrogen-bond donors (Lipinski definition) is 2. The summed E-state index contributed by atoms with van der Waals surface area (Å²) in [5, 5.41) is 14.4. The van der Waals surface area contributed by atoms with E-state index in [2.05, 4.69) is 21.2 Å². The molecule has 0 aromatic heterocycles. The normalized spacial score (nSPS) is 40.7. The first kappa shape index (κ1) is 13.4. The van der Waals surface area contributed by atoms with Gasteiger partial charge in [-0.3, -0.25) is 4.79 Å². The van der Waals surface area contributed by atoms with Crippen LogP contribution in [0.3, 0.4) is 0 Å². The number of Topliss-reactive ketones (excluding diaryl/α,β-unsaturated/α-hetero) is 1. The highest BCUT2D eigenvalue weighted by molar-refractivity contribution is 9.10. The number of phenolic OH excluding ortho intramolecular Hbond substituents is 1. The summed E-state index contributed by atoms with van der Waals surface area (Å²) in [7, 11) is 1.58. The maximum absolute atomic E-state index is 12.2. The molecule has 5 rings (SSSR count). The summed E-state index contributed by atoms with van der Waals surface area (Å²) in [5.41, 5.74) is 2.11. The largest absolute Gasteiger partial charge is 0.504 e. The quantitative estimate of drug-likeness (QED) is 0.804. The molecule has 0 radical (unpaired) electrons. The highest BCUT2D eigenvalue weighted by Gasteiger charge is 2.73. The van der Waals surface area contributed by atoms with Gasteiger partial charge in [-0.25, -0.2) is 0 Å². The topological polar surface area (TPSA) is 58.6 Å². The van der Waals surface area contributed by atoms with E-state index in [1.54, 1.807) is 7.11 Å². The number of carbonyl (C=O) groups is 1. The number of ether oxygens (including phenoxy) is 1. The van der Waals surface area contributed by atoms with Crippen LogP contribution in [-0.4, -0.2) is 30.6 Å². The number of rotatable bonds is 1. The second-order valence-corrected chi connectivity index (χ2v) is 8.22. The third-order valence-electron chi connectivity index (χ3n) is 6.66. The predicted molar refractivity (Wildman–Crippen MR) is 84.5 cm³/mol. The molecule has 1 saturated heterocycles. The van der Waals surface area contributed by atoms with Crippen molar-refractivity contribution < 1.29 is 14.6 Å². The highest BCUT2D eigenvalue weighted by Crippen LogP contribution is 2.72. The lowest BCUT2D eigenvalue weighted by Crippen LogP contribution is -2.66. The van der Waals surface area contributed by atoms with Gasteiger partial charge in [0.25, 0.3) is 0 Å². The summed E-state index contributed by atoms with van der Waals surface area (Å²) in [6.45, 7) is 0.946. The lowest BCUT2D eigenvalue weighted by Gasteiger charge is -2.53. The van der Waals surface area contributed by atoms with Crippen LogP contribution in [0.25, 0.3) is 0 Å². The van der Waals surface area contributed by atoms with Crippen LogP contribution in [0.15, 0.2) is 10.5 Å². The van der Waals surface area contributed by atoms with Crippen LogP contribution in [-0.2, 0) is 15.6 Å². The molecule has 4 aliphatic rings. The molecule has 3 unspecified atom stereocenters. The van der Waals surface area contributed by atoms with Gasteiger partial charge in [0.2, 0.25) is 0 Å². The summed E-state index contributed by atoms with van der Waals surface area (Å²) in [4.78, 5) is 12.2. The predicted octanol–water partition coefficient (Wildman–Crippen LogP) is 2.40. The van der Waals surface area contributed by atoms with Gasteiger partial charge in [0, 0.05) is 46.3 Å². The molecule has 4 nitrogen and oxygen atoms in total. The molecule has 2 N–H and O–H groups in total. The van der Waals surface area contributed by atoms with E-state index < -0.39 is 0 Å². The van der Waals surface area contributed by atoms with Crippen LogP contribution >= 0.6 is 15.9 Å².